The molecule has 5 rings (SSSR count). The van der Waals surface area contributed by atoms with Crippen LogP contribution >= 0.6 is 22.9 Å². The number of rotatable bonds is 4. The first kappa shape index (κ1) is 22.4. The van der Waals surface area contributed by atoms with Crippen LogP contribution < -0.4 is 9.64 Å². The van der Waals surface area contributed by atoms with Crippen molar-refractivity contribution in [2.24, 2.45) is 0 Å². The summed E-state index contributed by atoms with van der Waals surface area (Å²) >= 11 is 7.72. The molecule has 2 aromatic carbocycles. The Hall–Kier alpha value is -3.37. The number of halogens is 3. The Bertz CT molecular complexity index is 1450. The average molecular weight is 502 g/mol. The topological polar surface area (TPSA) is 71.5 Å². The maximum Gasteiger partial charge on any atom is 0.318 e. The Morgan fingerprint density at radius 2 is 1.97 bits per heavy atom. The second-order valence-electron chi connectivity index (χ2n) is 7.62. The van der Waals surface area contributed by atoms with Crippen molar-refractivity contribution in [2.75, 3.05) is 38.2 Å². The van der Waals surface area contributed by atoms with Gasteiger partial charge in [0.05, 0.1) is 27.9 Å². The number of thiazole rings is 1. The van der Waals surface area contributed by atoms with E-state index in [-0.39, 0.29) is 28.0 Å². The standard InChI is InChI=1S/C23H18ClF2N5O2S/c1-3-16(32)30-6-8-31(9-7-30)22-13-10-14(24)17(18(26)19(13)28-23(29-22)33-2)12-4-5-15(25)21-20(12)27-11-34-21/h3-5,10-11H,1,6-9H2,2H3. The molecule has 3 heterocycles. The van der Waals surface area contributed by atoms with E-state index in [4.69, 9.17) is 16.3 Å². The maximum absolute atomic E-state index is 16.0. The molecule has 11 heteroatoms. The Kier molecular flexibility index (Phi) is 5.78. The van der Waals surface area contributed by atoms with E-state index >= 15 is 4.39 Å². The molecule has 1 amide bonds. The van der Waals surface area contributed by atoms with Gasteiger partial charge in [0.15, 0.2) is 5.82 Å². The zero-order valence-corrected chi connectivity index (χ0v) is 19.6. The summed E-state index contributed by atoms with van der Waals surface area (Å²) in [5, 5.41) is 0.536. The molecule has 1 aliphatic heterocycles. The summed E-state index contributed by atoms with van der Waals surface area (Å²) in [4.78, 5) is 28.5. The van der Waals surface area contributed by atoms with Crippen molar-refractivity contribution in [3.8, 4) is 17.1 Å². The molecular weight excluding hydrogens is 484 g/mol. The number of amides is 1. The predicted molar refractivity (Wildman–Crippen MR) is 129 cm³/mol. The van der Waals surface area contributed by atoms with E-state index < -0.39 is 11.6 Å². The van der Waals surface area contributed by atoms with Crippen LogP contribution in [0.3, 0.4) is 0 Å². The first-order valence-corrected chi connectivity index (χ1v) is 11.6. The molecule has 1 saturated heterocycles. The third kappa shape index (κ3) is 3.63. The van der Waals surface area contributed by atoms with Gasteiger partial charge in [-0.1, -0.05) is 18.2 Å². The van der Waals surface area contributed by atoms with Crippen LogP contribution in [-0.4, -0.2) is 59.0 Å². The summed E-state index contributed by atoms with van der Waals surface area (Å²) in [5.74, 6) is -0.793. The normalized spacial score (nSPS) is 14.1. The van der Waals surface area contributed by atoms with Gasteiger partial charge in [0.1, 0.15) is 17.2 Å². The van der Waals surface area contributed by atoms with Crippen molar-refractivity contribution >= 4 is 55.8 Å². The molecule has 2 aromatic heterocycles. The number of fused-ring (bicyclic) bond motifs is 2. The van der Waals surface area contributed by atoms with Crippen LogP contribution in [0.2, 0.25) is 5.02 Å². The highest BCUT2D eigenvalue weighted by molar-refractivity contribution is 7.16. The van der Waals surface area contributed by atoms with Gasteiger partial charge in [-0.2, -0.15) is 9.97 Å². The predicted octanol–water partition coefficient (Wildman–Crippen LogP) is 4.68. The van der Waals surface area contributed by atoms with Gasteiger partial charge in [0.25, 0.3) is 0 Å². The van der Waals surface area contributed by atoms with Crippen molar-refractivity contribution in [1.29, 1.82) is 0 Å². The molecule has 4 aromatic rings. The van der Waals surface area contributed by atoms with E-state index in [2.05, 4.69) is 21.5 Å². The molecule has 0 saturated carbocycles. The molecule has 1 fully saturated rings. The summed E-state index contributed by atoms with van der Waals surface area (Å²) in [5.41, 5.74) is 2.31. The molecular formula is C23H18ClF2N5O2S. The van der Waals surface area contributed by atoms with Gasteiger partial charge < -0.3 is 14.5 Å². The number of nitrogens with zero attached hydrogens (tertiary/aromatic N) is 5. The third-order valence-electron chi connectivity index (χ3n) is 5.80. The summed E-state index contributed by atoms with van der Waals surface area (Å²) in [6, 6.07) is 4.33. The summed E-state index contributed by atoms with van der Waals surface area (Å²) < 4.78 is 35.8. The van der Waals surface area contributed by atoms with Gasteiger partial charge in [-0.05, 0) is 24.3 Å². The molecule has 34 heavy (non-hydrogen) atoms. The lowest BCUT2D eigenvalue weighted by Crippen LogP contribution is -2.48. The number of anilines is 1. The minimum absolute atomic E-state index is 0.00261. The van der Waals surface area contributed by atoms with Gasteiger partial charge >= 0.3 is 6.01 Å². The van der Waals surface area contributed by atoms with Gasteiger partial charge in [-0.3, -0.25) is 4.79 Å². The Balaban J connectivity index is 1.66. The fourth-order valence-electron chi connectivity index (χ4n) is 4.13. The Labute approximate surface area is 202 Å². The van der Waals surface area contributed by atoms with E-state index in [9.17, 15) is 9.18 Å². The first-order chi connectivity index (χ1) is 16.4. The first-order valence-electron chi connectivity index (χ1n) is 10.3. The fourth-order valence-corrected chi connectivity index (χ4v) is 5.14. The zero-order valence-electron chi connectivity index (χ0n) is 18.0. The number of aromatic nitrogens is 3. The molecule has 0 aliphatic carbocycles. The van der Waals surface area contributed by atoms with E-state index in [0.717, 1.165) is 11.3 Å². The van der Waals surface area contributed by atoms with Crippen molar-refractivity contribution in [3.63, 3.8) is 0 Å². The Morgan fingerprint density at radius 1 is 1.21 bits per heavy atom. The lowest BCUT2D eigenvalue weighted by atomic mass is 10.0. The van der Waals surface area contributed by atoms with Crippen molar-refractivity contribution in [1.82, 2.24) is 19.9 Å². The number of piperazine rings is 1. The maximum atomic E-state index is 16.0. The van der Waals surface area contributed by atoms with Crippen molar-refractivity contribution < 1.29 is 18.3 Å². The highest BCUT2D eigenvalue weighted by Gasteiger charge is 2.26. The molecule has 1 aliphatic rings. The molecule has 0 unspecified atom stereocenters. The number of carbonyl (C=O) groups is 1. The average Bonchev–Trinajstić information content (AvgIpc) is 3.36. The van der Waals surface area contributed by atoms with Crippen LogP contribution in [0.1, 0.15) is 0 Å². The third-order valence-corrected chi connectivity index (χ3v) is 6.93. The number of benzene rings is 2. The van der Waals surface area contributed by atoms with E-state index in [1.54, 1.807) is 11.0 Å². The smallest absolute Gasteiger partial charge is 0.318 e. The lowest BCUT2D eigenvalue weighted by molar-refractivity contribution is -0.126. The Morgan fingerprint density at radius 3 is 2.68 bits per heavy atom. The number of hydrogen-bond donors (Lipinski definition) is 0. The van der Waals surface area contributed by atoms with E-state index in [1.165, 1.54) is 30.8 Å². The number of ether oxygens (including phenoxy) is 1. The summed E-state index contributed by atoms with van der Waals surface area (Å²) in [7, 11) is 1.40. The second-order valence-corrected chi connectivity index (χ2v) is 8.88. The van der Waals surface area contributed by atoms with Crippen LogP contribution in [0.25, 0.3) is 32.2 Å². The molecule has 0 spiro atoms. The molecule has 7 nitrogen and oxygen atoms in total. The molecule has 174 valence electrons. The molecule has 0 bridgehead atoms. The lowest BCUT2D eigenvalue weighted by Gasteiger charge is -2.35. The molecule has 0 N–H and O–H groups in total. The molecule has 0 radical (unpaired) electrons. The van der Waals surface area contributed by atoms with Gasteiger partial charge in [-0.25, -0.2) is 13.8 Å². The molecule has 0 atom stereocenters. The van der Waals surface area contributed by atoms with Crippen LogP contribution in [-0.2, 0) is 4.79 Å². The largest absolute Gasteiger partial charge is 0.467 e. The highest BCUT2D eigenvalue weighted by atomic mass is 35.5. The van der Waals surface area contributed by atoms with Crippen molar-refractivity contribution in [3.05, 3.63) is 53.0 Å². The van der Waals surface area contributed by atoms with Crippen LogP contribution in [0.15, 0.2) is 36.4 Å². The minimum Gasteiger partial charge on any atom is -0.467 e. The van der Waals surface area contributed by atoms with Crippen molar-refractivity contribution in [2.45, 2.75) is 0 Å². The number of methoxy groups -OCH3 is 1. The van der Waals surface area contributed by atoms with E-state index in [0.29, 0.717) is 53.2 Å². The van der Waals surface area contributed by atoms with Gasteiger partial charge in [-0.15, -0.1) is 11.3 Å². The van der Waals surface area contributed by atoms with Gasteiger partial charge in [0, 0.05) is 42.7 Å². The van der Waals surface area contributed by atoms with Crippen LogP contribution in [0.4, 0.5) is 14.6 Å². The summed E-state index contributed by atoms with van der Waals surface area (Å²) in [6.45, 7) is 5.41. The quantitative estimate of drug-likeness (QED) is 0.378. The van der Waals surface area contributed by atoms with Crippen LogP contribution in [0.5, 0.6) is 6.01 Å². The SMILES string of the molecule is C=CC(=O)N1CCN(c2nc(OC)nc3c(F)c(-c4ccc(F)c5scnc45)c(Cl)cc23)CC1. The van der Waals surface area contributed by atoms with E-state index in [1.807, 2.05) is 4.90 Å². The number of carbonyl (C=O) groups excluding carboxylic acids is 1. The zero-order chi connectivity index (χ0) is 24.0. The van der Waals surface area contributed by atoms with Gasteiger partial charge in [0.2, 0.25) is 5.91 Å². The highest BCUT2D eigenvalue weighted by Crippen LogP contribution is 2.41. The second kappa shape index (κ2) is 8.77. The number of hydrogen-bond acceptors (Lipinski definition) is 7. The fraction of sp³-hybridized carbons (Fsp3) is 0.217. The summed E-state index contributed by atoms with van der Waals surface area (Å²) in [6.07, 6.45) is 1.28. The monoisotopic (exact) mass is 501 g/mol. The van der Waals surface area contributed by atoms with Crippen LogP contribution in [0, 0.1) is 11.6 Å². The minimum atomic E-state index is -0.675.